The molecule has 3 rings (SSSR count). The molecule has 0 aliphatic heterocycles. The largest absolute Gasteiger partial charge is 0.484 e. The third-order valence-corrected chi connectivity index (χ3v) is 6.52. The lowest BCUT2D eigenvalue weighted by Crippen LogP contribution is -2.25. The first kappa shape index (κ1) is 24.4. The number of hydrogen-bond donors (Lipinski definition) is 2. The third kappa shape index (κ3) is 7.12. The van der Waals surface area contributed by atoms with Gasteiger partial charge in [0.05, 0.1) is 5.25 Å². The quantitative estimate of drug-likeness (QED) is 0.358. The van der Waals surface area contributed by atoms with Gasteiger partial charge in [0.2, 0.25) is 5.91 Å². The molecule has 3 aromatic rings. The highest BCUT2D eigenvalue weighted by molar-refractivity contribution is 8.00. The Bertz CT molecular complexity index is 1090. The Morgan fingerprint density at radius 1 is 0.939 bits per heavy atom. The van der Waals surface area contributed by atoms with E-state index < -0.39 is 0 Å². The highest BCUT2D eigenvalue weighted by Crippen LogP contribution is 2.30. The molecule has 0 fully saturated rings. The molecule has 0 aliphatic rings. The Kier molecular flexibility index (Phi) is 8.95. The molecule has 0 radical (unpaired) electrons. The number of thioether (sulfide) groups is 1. The molecule has 0 spiro atoms. The molecule has 2 amide bonds. The van der Waals surface area contributed by atoms with Gasteiger partial charge in [-0.1, -0.05) is 56.3 Å². The zero-order chi connectivity index (χ0) is 23.6. The van der Waals surface area contributed by atoms with Gasteiger partial charge >= 0.3 is 0 Å². The van der Waals surface area contributed by atoms with Gasteiger partial charge in [0.1, 0.15) is 5.75 Å². The van der Waals surface area contributed by atoms with Crippen molar-refractivity contribution >= 4 is 35.0 Å². The summed E-state index contributed by atoms with van der Waals surface area (Å²) in [5.74, 6) is 0.392. The Balaban J connectivity index is 1.61. The maximum Gasteiger partial charge on any atom is 0.262 e. The smallest absolute Gasteiger partial charge is 0.262 e. The second-order valence-corrected chi connectivity index (χ2v) is 8.92. The van der Waals surface area contributed by atoms with Crippen LogP contribution < -0.4 is 15.4 Å². The van der Waals surface area contributed by atoms with E-state index in [2.05, 4.69) is 17.6 Å². The molecule has 0 aliphatic carbocycles. The lowest BCUT2D eigenvalue weighted by molar-refractivity contribution is -0.118. The first-order valence-electron chi connectivity index (χ1n) is 11.1. The summed E-state index contributed by atoms with van der Waals surface area (Å²) in [4.78, 5) is 26.2. The Morgan fingerprint density at radius 2 is 1.70 bits per heavy atom. The van der Waals surface area contributed by atoms with Crippen molar-refractivity contribution in [3.05, 3.63) is 83.9 Å². The molecule has 0 aromatic heterocycles. The number of rotatable bonds is 10. The molecule has 0 heterocycles. The van der Waals surface area contributed by atoms with Crippen LogP contribution in [-0.2, 0) is 16.0 Å². The van der Waals surface area contributed by atoms with Gasteiger partial charge in [-0.2, -0.15) is 0 Å². The first-order valence-corrected chi connectivity index (χ1v) is 12.0. The lowest BCUT2D eigenvalue weighted by atomic mass is 10.1. The van der Waals surface area contributed by atoms with Crippen LogP contribution in [0.3, 0.4) is 0 Å². The average molecular weight is 463 g/mol. The molecule has 33 heavy (non-hydrogen) atoms. The van der Waals surface area contributed by atoms with Crippen LogP contribution in [0.5, 0.6) is 5.75 Å². The SMILES string of the molecule is CCc1cccc(C)c1NC(=O)C(CC)Sc1cccc(NC(=O)COc2ccccc2)c1. The maximum atomic E-state index is 13.0. The van der Waals surface area contributed by atoms with Crippen LogP contribution >= 0.6 is 11.8 Å². The Morgan fingerprint density at radius 3 is 2.42 bits per heavy atom. The summed E-state index contributed by atoms with van der Waals surface area (Å²) in [5, 5.41) is 5.74. The number of para-hydroxylation sites is 2. The number of benzene rings is 3. The molecule has 1 atom stereocenters. The molecule has 2 N–H and O–H groups in total. The van der Waals surface area contributed by atoms with Crippen LogP contribution in [-0.4, -0.2) is 23.7 Å². The van der Waals surface area contributed by atoms with E-state index in [1.807, 2.05) is 74.5 Å². The highest BCUT2D eigenvalue weighted by Gasteiger charge is 2.20. The van der Waals surface area contributed by atoms with Crippen molar-refractivity contribution < 1.29 is 14.3 Å². The van der Waals surface area contributed by atoms with Crippen LogP contribution in [0.25, 0.3) is 0 Å². The van der Waals surface area contributed by atoms with Gasteiger partial charge in [-0.25, -0.2) is 0 Å². The molecule has 0 saturated carbocycles. The van der Waals surface area contributed by atoms with Crippen LogP contribution in [0, 0.1) is 6.92 Å². The van der Waals surface area contributed by atoms with Crippen molar-refractivity contribution in [3.63, 3.8) is 0 Å². The predicted octanol–water partition coefficient (Wildman–Crippen LogP) is 6.08. The number of aryl methyl sites for hydroxylation is 2. The Hall–Kier alpha value is -3.25. The number of carbonyl (C=O) groups is 2. The van der Waals surface area contributed by atoms with Gasteiger partial charge in [0, 0.05) is 16.3 Å². The summed E-state index contributed by atoms with van der Waals surface area (Å²) in [6, 6.07) is 22.8. The summed E-state index contributed by atoms with van der Waals surface area (Å²) < 4.78 is 5.50. The van der Waals surface area contributed by atoms with Crippen LogP contribution in [0.2, 0.25) is 0 Å². The molecule has 0 saturated heterocycles. The van der Waals surface area contributed by atoms with E-state index in [-0.39, 0.29) is 23.7 Å². The minimum Gasteiger partial charge on any atom is -0.484 e. The van der Waals surface area contributed by atoms with Gasteiger partial charge in [-0.3, -0.25) is 9.59 Å². The van der Waals surface area contributed by atoms with E-state index in [9.17, 15) is 9.59 Å². The van der Waals surface area contributed by atoms with Gasteiger partial charge in [-0.05, 0) is 61.2 Å². The second kappa shape index (κ2) is 12.1. The van der Waals surface area contributed by atoms with Crippen molar-refractivity contribution in [2.24, 2.45) is 0 Å². The molecule has 5 nitrogen and oxygen atoms in total. The number of amides is 2. The molecule has 3 aromatic carbocycles. The predicted molar refractivity (Wildman–Crippen MR) is 136 cm³/mol. The van der Waals surface area contributed by atoms with Crippen LogP contribution in [0.4, 0.5) is 11.4 Å². The maximum absolute atomic E-state index is 13.0. The summed E-state index contributed by atoms with van der Waals surface area (Å²) in [6.07, 6.45) is 1.54. The van der Waals surface area contributed by atoms with Gasteiger partial charge in [-0.15, -0.1) is 11.8 Å². The Labute approximate surface area is 199 Å². The van der Waals surface area contributed by atoms with E-state index in [1.54, 1.807) is 12.1 Å². The van der Waals surface area contributed by atoms with E-state index in [1.165, 1.54) is 11.8 Å². The van der Waals surface area contributed by atoms with Crippen molar-refractivity contribution in [1.29, 1.82) is 0 Å². The van der Waals surface area contributed by atoms with Gasteiger partial charge in [0.25, 0.3) is 5.91 Å². The number of anilines is 2. The van der Waals surface area contributed by atoms with E-state index in [0.717, 1.165) is 28.1 Å². The van der Waals surface area contributed by atoms with Crippen molar-refractivity contribution in [1.82, 2.24) is 0 Å². The second-order valence-electron chi connectivity index (χ2n) is 7.64. The lowest BCUT2D eigenvalue weighted by Gasteiger charge is -2.18. The number of carbonyl (C=O) groups excluding carboxylic acids is 2. The zero-order valence-electron chi connectivity index (χ0n) is 19.3. The zero-order valence-corrected chi connectivity index (χ0v) is 20.1. The van der Waals surface area contributed by atoms with Gasteiger partial charge in [0.15, 0.2) is 6.61 Å². The number of ether oxygens (including phenoxy) is 1. The number of nitrogens with one attached hydrogen (secondary N) is 2. The fraction of sp³-hybridized carbons (Fsp3) is 0.259. The van der Waals surface area contributed by atoms with E-state index in [4.69, 9.17) is 4.74 Å². The monoisotopic (exact) mass is 462 g/mol. The van der Waals surface area contributed by atoms with Crippen molar-refractivity contribution in [2.45, 2.75) is 43.8 Å². The van der Waals surface area contributed by atoms with Crippen molar-refractivity contribution in [2.75, 3.05) is 17.2 Å². The summed E-state index contributed by atoms with van der Waals surface area (Å²) in [5.41, 5.74) is 3.77. The van der Waals surface area contributed by atoms with Crippen molar-refractivity contribution in [3.8, 4) is 5.75 Å². The van der Waals surface area contributed by atoms with E-state index in [0.29, 0.717) is 17.9 Å². The molecular weight excluding hydrogens is 432 g/mol. The fourth-order valence-electron chi connectivity index (χ4n) is 3.40. The van der Waals surface area contributed by atoms with Crippen LogP contribution in [0.1, 0.15) is 31.4 Å². The normalized spacial score (nSPS) is 11.5. The molecule has 0 bridgehead atoms. The van der Waals surface area contributed by atoms with Crippen LogP contribution in [0.15, 0.2) is 77.7 Å². The fourth-order valence-corrected chi connectivity index (χ4v) is 4.42. The minimum absolute atomic E-state index is 0.0165. The topological polar surface area (TPSA) is 67.4 Å². The minimum atomic E-state index is -0.248. The highest BCUT2D eigenvalue weighted by atomic mass is 32.2. The standard InChI is InChI=1S/C27H30N2O3S/c1-4-20-12-9-11-19(3)26(20)29-27(31)24(5-2)33-23-16-10-13-21(17-23)28-25(30)18-32-22-14-7-6-8-15-22/h6-17,24H,4-5,18H2,1-3H3,(H,28,30)(H,29,31). The summed E-state index contributed by atoms with van der Waals surface area (Å²) in [6.45, 7) is 6.03. The first-order chi connectivity index (χ1) is 16.0. The summed E-state index contributed by atoms with van der Waals surface area (Å²) >= 11 is 1.49. The summed E-state index contributed by atoms with van der Waals surface area (Å²) in [7, 11) is 0. The average Bonchev–Trinajstić information content (AvgIpc) is 2.83. The van der Waals surface area contributed by atoms with Gasteiger partial charge < -0.3 is 15.4 Å². The molecule has 172 valence electrons. The van der Waals surface area contributed by atoms with E-state index >= 15 is 0 Å². The molecule has 1 unspecified atom stereocenters. The molecule has 6 heteroatoms. The molecular formula is C27H30N2O3S. The third-order valence-electron chi connectivity index (χ3n) is 5.16. The number of hydrogen-bond acceptors (Lipinski definition) is 4.